The number of anilines is 1. The lowest BCUT2D eigenvalue weighted by atomic mass is 9.92. The number of fused-ring (bicyclic) bond motifs is 1. The molecule has 1 amide bonds. The maximum atomic E-state index is 13.4. The summed E-state index contributed by atoms with van der Waals surface area (Å²) in [7, 11) is 0. The summed E-state index contributed by atoms with van der Waals surface area (Å²) in [4.78, 5) is 19.6. The molecule has 0 unspecified atom stereocenters. The monoisotopic (exact) mass is 453 g/mol. The smallest absolute Gasteiger partial charge is 0.253 e. The number of hydrogen-bond donors (Lipinski definition) is 1. The van der Waals surface area contributed by atoms with Crippen molar-refractivity contribution in [2.24, 2.45) is 5.92 Å². The lowest BCUT2D eigenvalue weighted by Gasteiger charge is -2.22. The normalized spacial score (nSPS) is 16.4. The zero-order chi connectivity index (χ0) is 23.3. The van der Waals surface area contributed by atoms with Gasteiger partial charge < -0.3 is 10.2 Å². The Bertz CT molecular complexity index is 1270. The van der Waals surface area contributed by atoms with E-state index in [1.54, 1.807) is 6.20 Å². The van der Waals surface area contributed by atoms with Gasteiger partial charge in [-0.2, -0.15) is 5.10 Å². The lowest BCUT2D eigenvalue weighted by molar-refractivity contribution is 0.0760. The molecule has 4 aromatic rings. The molecule has 34 heavy (non-hydrogen) atoms. The van der Waals surface area contributed by atoms with E-state index in [0.717, 1.165) is 61.2 Å². The van der Waals surface area contributed by atoms with Gasteiger partial charge in [-0.1, -0.05) is 18.2 Å². The van der Waals surface area contributed by atoms with E-state index in [2.05, 4.69) is 40.5 Å². The molecule has 1 fully saturated rings. The van der Waals surface area contributed by atoms with Gasteiger partial charge in [-0.3, -0.25) is 9.78 Å². The molecule has 1 aliphatic rings. The second kappa shape index (κ2) is 10.1. The van der Waals surface area contributed by atoms with Gasteiger partial charge in [0, 0.05) is 55.7 Å². The van der Waals surface area contributed by atoms with Crippen LogP contribution in [0, 0.1) is 12.8 Å². The number of carbonyl (C=O) groups excluding carboxylic acids is 1. The van der Waals surface area contributed by atoms with Crippen LogP contribution >= 0.6 is 0 Å². The van der Waals surface area contributed by atoms with Crippen molar-refractivity contribution in [3.63, 3.8) is 0 Å². The fourth-order valence-electron chi connectivity index (χ4n) is 4.90. The number of rotatable bonds is 6. The number of pyridine rings is 2. The first-order valence-corrected chi connectivity index (χ1v) is 12.1. The van der Waals surface area contributed by atoms with Crippen molar-refractivity contribution in [3.8, 4) is 0 Å². The van der Waals surface area contributed by atoms with Gasteiger partial charge in [0.15, 0.2) is 0 Å². The van der Waals surface area contributed by atoms with E-state index in [-0.39, 0.29) is 5.91 Å². The second-order valence-electron chi connectivity index (χ2n) is 9.23. The molecule has 5 rings (SSSR count). The molecule has 4 heterocycles. The number of likely N-dealkylation sites (tertiary alicyclic amines) is 1. The van der Waals surface area contributed by atoms with Crippen molar-refractivity contribution in [1.29, 1.82) is 0 Å². The average molecular weight is 454 g/mol. The molecule has 0 saturated carbocycles. The van der Waals surface area contributed by atoms with Gasteiger partial charge in [0.05, 0.1) is 5.52 Å². The van der Waals surface area contributed by atoms with Gasteiger partial charge in [0.25, 0.3) is 5.91 Å². The Kier molecular flexibility index (Phi) is 6.56. The van der Waals surface area contributed by atoms with E-state index in [1.165, 1.54) is 11.1 Å². The Labute approximate surface area is 200 Å². The highest BCUT2D eigenvalue weighted by atomic mass is 16.2. The molecule has 174 valence electrons. The van der Waals surface area contributed by atoms with Crippen molar-refractivity contribution in [2.75, 3.05) is 18.4 Å². The van der Waals surface area contributed by atoms with Crippen LogP contribution in [0.15, 0.2) is 73.3 Å². The van der Waals surface area contributed by atoms with Crippen LogP contribution < -0.4 is 5.32 Å². The van der Waals surface area contributed by atoms with Crippen LogP contribution in [-0.2, 0) is 13.0 Å². The molecule has 0 bridgehead atoms. The van der Waals surface area contributed by atoms with Crippen LogP contribution in [0.25, 0.3) is 5.52 Å². The summed E-state index contributed by atoms with van der Waals surface area (Å²) < 4.78 is 1.94. The molecule has 1 aromatic carbocycles. The molecular weight excluding hydrogens is 422 g/mol. The molecule has 0 spiro atoms. The number of aryl methyl sites for hydroxylation is 1. The topological polar surface area (TPSA) is 62.5 Å². The summed E-state index contributed by atoms with van der Waals surface area (Å²) in [5.74, 6) is 0.705. The molecule has 0 radical (unpaired) electrons. The number of amides is 1. The fraction of sp³-hybridized carbons (Fsp3) is 0.321. The predicted octanol–water partition coefficient (Wildman–Crippen LogP) is 5.13. The number of nitrogens with one attached hydrogen (secondary N) is 1. The third-order valence-corrected chi connectivity index (χ3v) is 6.86. The van der Waals surface area contributed by atoms with Crippen molar-refractivity contribution in [3.05, 3.63) is 95.6 Å². The SMILES string of the molecule is Cc1ccc(C(=O)N2CCC[C@@H](Cc3cccn4nccc34)CC2)cc1NCc1cccnc1. The number of nitrogens with zero attached hydrogens (tertiary/aromatic N) is 4. The van der Waals surface area contributed by atoms with Gasteiger partial charge in [-0.15, -0.1) is 0 Å². The Balaban J connectivity index is 1.23. The van der Waals surface area contributed by atoms with Crippen molar-refractivity contribution in [1.82, 2.24) is 19.5 Å². The van der Waals surface area contributed by atoms with E-state index in [1.807, 2.05) is 58.3 Å². The van der Waals surface area contributed by atoms with E-state index in [4.69, 9.17) is 0 Å². The molecule has 1 aliphatic heterocycles. The van der Waals surface area contributed by atoms with Crippen LogP contribution in [0.1, 0.15) is 46.3 Å². The number of benzene rings is 1. The molecule has 6 heteroatoms. The van der Waals surface area contributed by atoms with Gasteiger partial charge in [-0.25, -0.2) is 4.52 Å². The minimum absolute atomic E-state index is 0.128. The molecule has 1 saturated heterocycles. The summed E-state index contributed by atoms with van der Waals surface area (Å²) in [5.41, 5.74) is 6.52. The summed E-state index contributed by atoms with van der Waals surface area (Å²) >= 11 is 0. The summed E-state index contributed by atoms with van der Waals surface area (Å²) in [6.45, 7) is 4.37. The van der Waals surface area contributed by atoms with Gasteiger partial charge in [0.1, 0.15) is 0 Å². The largest absolute Gasteiger partial charge is 0.381 e. The Morgan fingerprint density at radius 1 is 1.09 bits per heavy atom. The van der Waals surface area contributed by atoms with Crippen LogP contribution in [0.3, 0.4) is 0 Å². The van der Waals surface area contributed by atoms with E-state index in [0.29, 0.717) is 12.5 Å². The summed E-state index contributed by atoms with van der Waals surface area (Å²) in [6.07, 6.45) is 11.7. The summed E-state index contributed by atoms with van der Waals surface area (Å²) in [5, 5.41) is 7.83. The van der Waals surface area contributed by atoms with E-state index < -0.39 is 0 Å². The van der Waals surface area contributed by atoms with Crippen LogP contribution in [0.2, 0.25) is 0 Å². The Morgan fingerprint density at radius 3 is 2.91 bits per heavy atom. The third-order valence-electron chi connectivity index (χ3n) is 6.86. The van der Waals surface area contributed by atoms with Gasteiger partial charge in [-0.05, 0) is 85.5 Å². The first-order chi connectivity index (χ1) is 16.7. The highest BCUT2D eigenvalue weighted by Crippen LogP contribution is 2.26. The van der Waals surface area contributed by atoms with E-state index in [9.17, 15) is 4.79 Å². The maximum absolute atomic E-state index is 13.4. The number of aromatic nitrogens is 3. The molecule has 0 aliphatic carbocycles. The van der Waals surface area contributed by atoms with Gasteiger partial charge >= 0.3 is 0 Å². The zero-order valence-corrected chi connectivity index (χ0v) is 19.7. The molecule has 1 N–H and O–H groups in total. The minimum atomic E-state index is 0.128. The minimum Gasteiger partial charge on any atom is -0.381 e. The number of hydrogen-bond acceptors (Lipinski definition) is 4. The highest BCUT2D eigenvalue weighted by molar-refractivity contribution is 5.95. The molecule has 6 nitrogen and oxygen atoms in total. The fourth-order valence-corrected chi connectivity index (χ4v) is 4.90. The quantitative estimate of drug-likeness (QED) is 0.439. The standard InChI is InChI=1S/C28H31N5O/c1-21-8-9-25(18-26(21)30-20-23-5-2-12-29-19-23)28(34)32-14-3-6-22(11-16-32)17-24-7-4-15-33-27(24)10-13-31-33/h2,4-5,7-10,12-13,15,18-19,22,30H,3,6,11,14,16-17,20H2,1H3/t22-/m1/s1. The predicted molar refractivity (Wildman–Crippen MR) is 135 cm³/mol. The van der Waals surface area contributed by atoms with Crippen LogP contribution in [0.5, 0.6) is 0 Å². The first-order valence-electron chi connectivity index (χ1n) is 12.1. The number of carbonyl (C=O) groups is 1. The average Bonchev–Trinajstić information content (AvgIpc) is 3.24. The highest BCUT2D eigenvalue weighted by Gasteiger charge is 2.23. The van der Waals surface area contributed by atoms with Crippen LogP contribution in [0.4, 0.5) is 5.69 Å². The van der Waals surface area contributed by atoms with Crippen LogP contribution in [-0.4, -0.2) is 38.5 Å². The Hall–Kier alpha value is -3.67. The third kappa shape index (κ3) is 4.96. The molecule has 3 aromatic heterocycles. The molecule has 1 atom stereocenters. The summed E-state index contributed by atoms with van der Waals surface area (Å²) in [6, 6.07) is 16.3. The van der Waals surface area contributed by atoms with Crippen molar-refractivity contribution < 1.29 is 4.79 Å². The van der Waals surface area contributed by atoms with Crippen molar-refractivity contribution in [2.45, 2.75) is 39.2 Å². The molecular formula is C28H31N5O. The Morgan fingerprint density at radius 2 is 2.03 bits per heavy atom. The zero-order valence-electron chi connectivity index (χ0n) is 19.7. The first kappa shape index (κ1) is 22.1. The second-order valence-corrected chi connectivity index (χ2v) is 9.23. The van der Waals surface area contributed by atoms with E-state index >= 15 is 0 Å². The van der Waals surface area contributed by atoms with Crippen molar-refractivity contribution >= 4 is 17.1 Å². The maximum Gasteiger partial charge on any atom is 0.253 e. The lowest BCUT2D eigenvalue weighted by Crippen LogP contribution is -2.32. The van der Waals surface area contributed by atoms with Gasteiger partial charge in [0.2, 0.25) is 0 Å².